The second-order valence-electron chi connectivity index (χ2n) is 2.11. The fourth-order valence-electron chi connectivity index (χ4n) is 0.730. The van der Waals surface area contributed by atoms with Crippen molar-refractivity contribution in [1.82, 2.24) is 4.98 Å². The minimum Gasteiger partial charge on any atom is -0.395 e. The lowest BCUT2D eigenvalue weighted by Gasteiger charge is -2.03. The van der Waals surface area contributed by atoms with Gasteiger partial charge in [0.05, 0.1) is 5.69 Å². The third kappa shape index (κ3) is 1.41. The molecule has 0 aliphatic rings. The van der Waals surface area contributed by atoms with Gasteiger partial charge in [-0.15, -0.1) is 0 Å². The number of H-pyrrole nitrogens is 1. The van der Waals surface area contributed by atoms with Crippen molar-refractivity contribution in [2.75, 3.05) is 5.73 Å². The molecule has 0 unspecified atom stereocenters. The lowest BCUT2D eigenvalue weighted by atomic mass is 10.3. The highest BCUT2D eigenvalue weighted by Gasteiger charge is 2.15. The predicted octanol–water partition coefficient (Wildman–Crippen LogP) is 1.03. The van der Waals surface area contributed by atoms with E-state index in [4.69, 9.17) is 5.73 Å². The van der Waals surface area contributed by atoms with Gasteiger partial charge < -0.3 is 10.7 Å². The summed E-state index contributed by atoms with van der Waals surface area (Å²) in [6.45, 7) is 0. The number of rotatable bonds is 1. The summed E-state index contributed by atoms with van der Waals surface area (Å²) in [6, 6.07) is 0.515. The van der Waals surface area contributed by atoms with Crippen LogP contribution in [-0.2, 0) is 0 Å². The summed E-state index contributed by atoms with van der Waals surface area (Å²) in [5.74, 6) is -1.13. The van der Waals surface area contributed by atoms with E-state index in [0.717, 1.165) is 0 Å². The lowest BCUT2D eigenvalue weighted by Crippen LogP contribution is -2.13. The second kappa shape index (κ2) is 2.88. The molecule has 1 aromatic rings. The Bertz CT molecular complexity index is 347. The monoisotopic (exact) mass is 178 g/mol. The van der Waals surface area contributed by atoms with E-state index in [2.05, 4.69) is 0 Å². The number of alkyl halides is 2. The van der Waals surface area contributed by atoms with E-state index in [1.165, 1.54) is 0 Å². The molecule has 0 amide bonds. The van der Waals surface area contributed by atoms with Crippen LogP contribution in [0, 0.1) is 5.82 Å². The van der Waals surface area contributed by atoms with Gasteiger partial charge in [-0.25, -0.2) is 13.2 Å². The zero-order valence-electron chi connectivity index (χ0n) is 5.77. The van der Waals surface area contributed by atoms with E-state index in [1.54, 1.807) is 4.98 Å². The van der Waals surface area contributed by atoms with Crippen molar-refractivity contribution in [1.29, 1.82) is 0 Å². The molecular formula is C6H5F3N2O. The number of nitrogens with one attached hydrogen (secondary N) is 1. The van der Waals surface area contributed by atoms with Gasteiger partial charge in [0.15, 0.2) is 5.82 Å². The molecule has 0 spiro atoms. The molecule has 0 aliphatic heterocycles. The van der Waals surface area contributed by atoms with Crippen LogP contribution in [0.3, 0.4) is 0 Å². The highest BCUT2D eigenvalue weighted by molar-refractivity contribution is 5.44. The third-order valence-corrected chi connectivity index (χ3v) is 1.28. The minimum atomic E-state index is -2.98. The fraction of sp³-hybridized carbons (Fsp3) is 0.167. The molecule has 0 fully saturated rings. The van der Waals surface area contributed by atoms with Crippen LogP contribution in [0.15, 0.2) is 10.9 Å². The molecule has 3 N–H and O–H groups in total. The zero-order chi connectivity index (χ0) is 9.30. The van der Waals surface area contributed by atoms with E-state index in [9.17, 15) is 18.0 Å². The van der Waals surface area contributed by atoms with E-state index in [0.29, 0.717) is 6.07 Å². The number of nitrogens with two attached hydrogens (primary N) is 1. The van der Waals surface area contributed by atoms with Gasteiger partial charge in [0, 0.05) is 6.07 Å². The Morgan fingerprint density at radius 3 is 2.58 bits per heavy atom. The first-order valence-electron chi connectivity index (χ1n) is 2.98. The molecular weight excluding hydrogens is 173 g/mol. The topological polar surface area (TPSA) is 58.9 Å². The summed E-state index contributed by atoms with van der Waals surface area (Å²) in [7, 11) is 0. The maximum absolute atomic E-state index is 12.5. The number of hydrogen-bond acceptors (Lipinski definition) is 2. The molecule has 1 aromatic heterocycles. The molecule has 0 aliphatic carbocycles. The number of anilines is 1. The summed E-state index contributed by atoms with van der Waals surface area (Å²) >= 11 is 0. The minimum absolute atomic E-state index is 0.515. The average molecular weight is 178 g/mol. The maximum Gasteiger partial charge on any atom is 0.280 e. The highest BCUT2D eigenvalue weighted by atomic mass is 19.3. The van der Waals surface area contributed by atoms with Gasteiger partial charge in [-0.1, -0.05) is 0 Å². The van der Waals surface area contributed by atoms with Crippen LogP contribution < -0.4 is 11.3 Å². The van der Waals surface area contributed by atoms with Crippen molar-refractivity contribution in [3.8, 4) is 0 Å². The standard InChI is InChI=1S/C6H5F3N2O/c7-2-1-3(12)11-5(4(2)10)6(8)9/h1,6H,10H2,(H,11,12). The van der Waals surface area contributed by atoms with Gasteiger partial charge >= 0.3 is 0 Å². The molecule has 1 heterocycles. The Labute approximate surface area is 65.0 Å². The molecule has 6 heteroatoms. The van der Waals surface area contributed by atoms with Crippen LogP contribution in [0.25, 0.3) is 0 Å². The number of pyridine rings is 1. The van der Waals surface area contributed by atoms with Gasteiger partial charge in [-0.3, -0.25) is 4.79 Å². The van der Waals surface area contributed by atoms with Crippen molar-refractivity contribution in [3.63, 3.8) is 0 Å². The van der Waals surface area contributed by atoms with Crippen LogP contribution in [0.4, 0.5) is 18.9 Å². The van der Waals surface area contributed by atoms with Crippen LogP contribution in [0.1, 0.15) is 12.1 Å². The van der Waals surface area contributed by atoms with E-state index in [-0.39, 0.29) is 0 Å². The first-order chi connectivity index (χ1) is 5.52. The van der Waals surface area contributed by atoms with Gasteiger partial charge in [0.2, 0.25) is 0 Å². The molecule has 0 radical (unpaired) electrons. The summed E-state index contributed by atoms with van der Waals surface area (Å²) < 4.78 is 36.5. The molecule has 0 saturated carbocycles. The molecule has 3 nitrogen and oxygen atoms in total. The van der Waals surface area contributed by atoms with Crippen molar-refractivity contribution in [3.05, 3.63) is 27.9 Å². The molecule has 0 aromatic carbocycles. The smallest absolute Gasteiger partial charge is 0.280 e. The normalized spacial score (nSPS) is 10.7. The first-order valence-corrected chi connectivity index (χ1v) is 2.98. The van der Waals surface area contributed by atoms with E-state index in [1.807, 2.05) is 0 Å². The Balaban J connectivity index is 3.38. The van der Waals surface area contributed by atoms with Gasteiger partial charge in [-0.2, -0.15) is 0 Å². The zero-order valence-corrected chi connectivity index (χ0v) is 5.77. The fourth-order valence-corrected chi connectivity index (χ4v) is 0.730. The van der Waals surface area contributed by atoms with Crippen molar-refractivity contribution < 1.29 is 13.2 Å². The third-order valence-electron chi connectivity index (χ3n) is 1.28. The molecule has 0 atom stereocenters. The van der Waals surface area contributed by atoms with Gasteiger partial charge in [0.25, 0.3) is 12.0 Å². The maximum atomic E-state index is 12.5. The quantitative estimate of drug-likeness (QED) is 0.674. The van der Waals surface area contributed by atoms with Crippen LogP contribution >= 0.6 is 0 Å². The van der Waals surface area contributed by atoms with Crippen molar-refractivity contribution >= 4 is 5.69 Å². The Morgan fingerprint density at radius 2 is 2.08 bits per heavy atom. The van der Waals surface area contributed by atoms with Gasteiger partial charge in [-0.05, 0) is 0 Å². The van der Waals surface area contributed by atoms with Gasteiger partial charge in [0.1, 0.15) is 5.69 Å². The summed E-state index contributed by atoms with van der Waals surface area (Å²) in [5.41, 5.74) is 2.40. The molecule has 0 saturated heterocycles. The number of hydrogen-bond donors (Lipinski definition) is 2. The Kier molecular flexibility index (Phi) is 2.07. The summed E-state index contributed by atoms with van der Waals surface area (Å²) in [6.07, 6.45) is -2.98. The molecule has 0 bridgehead atoms. The lowest BCUT2D eigenvalue weighted by molar-refractivity contribution is 0.146. The van der Waals surface area contributed by atoms with Crippen LogP contribution in [0.2, 0.25) is 0 Å². The number of halogens is 3. The highest BCUT2D eigenvalue weighted by Crippen LogP contribution is 2.22. The summed E-state index contributed by atoms with van der Waals surface area (Å²) in [4.78, 5) is 12.2. The largest absolute Gasteiger partial charge is 0.395 e. The summed E-state index contributed by atoms with van der Waals surface area (Å²) in [5, 5.41) is 0. The second-order valence-corrected chi connectivity index (χ2v) is 2.11. The molecule has 66 valence electrons. The van der Waals surface area contributed by atoms with E-state index < -0.39 is 29.2 Å². The van der Waals surface area contributed by atoms with Crippen LogP contribution in [0.5, 0.6) is 0 Å². The van der Waals surface area contributed by atoms with Crippen LogP contribution in [-0.4, -0.2) is 4.98 Å². The van der Waals surface area contributed by atoms with E-state index >= 15 is 0 Å². The molecule has 12 heavy (non-hydrogen) atoms. The van der Waals surface area contributed by atoms with Crippen molar-refractivity contribution in [2.24, 2.45) is 0 Å². The number of aromatic amines is 1. The first kappa shape index (κ1) is 8.63. The molecule has 1 rings (SSSR count). The SMILES string of the molecule is Nc1c(F)cc(=O)[nH]c1C(F)F. The Morgan fingerprint density at radius 1 is 1.50 bits per heavy atom. The van der Waals surface area contributed by atoms with Crippen molar-refractivity contribution in [2.45, 2.75) is 6.43 Å². The average Bonchev–Trinajstić information content (AvgIpc) is 1.96. The number of nitrogen functional groups attached to an aromatic ring is 1. The Hall–Kier alpha value is -1.46. The predicted molar refractivity (Wildman–Crippen MR) is 36.4 cm³/mol. The number of aromatic nitrogens is 1.